The van der Waals surface area contributed by atoms with E-state index in [1.165, 1.54) is 17.7 Å². The summed E-state index contributed by atoms with van der Waals surface area (Å²) in [6.45, 7) is 7.67. The van der Waals surface area contributed by atoms with Gasteiger partial charge in [0.2, 0.25) is 0 Å². The van der Waals surface area contributed by atoms with E-state index in [4.69, 9.17) is 0 Å². The zero-order valence-corrected chi connectivity index (χ0v) is 11.7. The molecule has 0 fully saturated rings. The molecule has 1 N–H and O–H groups in total. The highest BCUT2D eigenvalue weighted by atomic mass is 19.1. The topological polar surface area (TPSA) is 38.0 Å². The largest absolute Gasteiger partial charge is 0.389 e. The summed E-state index contributed by atoms with van der Waals surface area (Å²) in [6.07, 6.45) is 0.169. The van der Waals surface area contributed by atoms with E-state index in [2.05, 4.69) is 12.0 Å². The minimum atomic E-state index is -0.736. The van der Waals surface area contributed by atoms with Crippen LogP contribution in [0, 0.1) is 19.7 Å². The van der Waals surface area contributed by atoms with E-state index in [0.29, 0.717) is 5.56 Å². The summed E-state index contributed by atoms with van der Waals surface area (Å²) in [5.41, 5.74) is 4.49. The third-order valence-corrected chi connectivity index (χ3v) is 3.46. The van der Waals surface area contributed by atoms with E-state index in [9.17, 15) is 9.50 Å². The van der Waals surface area contributed by atoms with Crippen molar-refractivity contribution in [3.63, 3.8) is 0 Å². The van der Waals surface area contributed by atoms with Crippen molar-refractivity contribution in [1.29, 1.82) is 0 Å². The highest BCUT2D eigenvalue weighted by Crippen LogP contribution is 2.25. The lowest BCUT2D eigenvalue weighted by Crippen LogP contribution is -2.06. The molecule has 0 aliphatic heterocycles. The van der Waals surface area contributed by atoms with Crippen molar-refractivity contribution in [2.24, 2.45) is 0 Å². The molecular formula is C15H19FN2O. The minimum absolute atomic E-state index is 0.350. The average Bonchev–Trinajstić information content (AvgIpc) is 2.64. The summed E-state index contributed by atoms with van der Waals surface area (Å²) in [7, 11) is 0. The molecular weight excluding hydrogens is 243 g/mol. The van der Waals surface area contributed by atoms with Crippen LogP contribution in [0.15, 0.2) is 18.2 Å². The molecule has 0 bridgehead atoms. The summed E-state index contributed by atoms with van der Waals surface area (Å²) < 4.78 is 15.1. The molecule has 0 spiro atoms. The van der Waals surface area contributed by atoms with Gasteiger partial charge in [0.05, 0.1) is 17.5 Å². The van der Waals surface area contributed by atoms with Gasteiger partial charge in [0, 0.05) is 11.3 Å². The molecule has 0 saturated carbocycles. The Morgan fingerprint density at radius 3 is 2.58 bits per heavy atom. The molecule has 1 unspecified atom stereocenters. The Kier molecular flexibility index (Phi) is 3.71. The number of aromatic nitrogens is 2. The van der Waals surface area contributed by atoms with Gasteiger partial charge in [-0.05, 0) is 51.0 Å². The molecule has 0 saturated heterocycles. The monoisotopic (exact) mass is 262 g/mol. The van der Waals surface area contributed by atoms with Gasteiger partial charge in [0.25, 0.3) is 0 Å². The molecule has 0 aliphatic carbocycles. The van der Waals surface area contributed by atoms with E-state index >= 15 is 0 Å². The van der Waals surface area contributed by atoms with Crippen molar-refractivity contribution in [1.82, 2.24) is 9.78 Å². The molecule has 0 amide bonds. The first kappa shape index (κ1) is 13.7. The lowest BCUT2D eigenvalue weighted by Gasteiger charge is -2.13. The zero-order chi connectivity index (χ0) is 14.2. The normalized spacial score (nSPS) is 12.7. The van der Waals surface area contributed by atoms with Gasteiger partial charge in [0.1, 0.15) is 5.82 Å². The van der Waals surface area contributed by atoms with Crippen LogP contribution in [-0.2, 0) is 6.42 Å². The summed E-state index contributed by atoms with van der Waals surface area (Å²) >= 11 is 0. The van der Waals surface area contributed by atoms with Crippen LogP contribution in [0.5, 0.6) is 0 Å². The molecule has 1 aromatic carbocycles. The van der Waals surface area contributed by atoms with Crippen LogP contribution in [0.25, 0.3) is 5.69 Å². The quantitative estimate of drug-likeness (QED) is 0.922. The summed E-state index contributed by atoms with van der Waals surface area (Å²) in [5, 5.41) is 14.3. The van der Waals surface area contributed by atoms with E-state index in [1.807, 2.05) is 13.8 Å². The zero-order valence-electron chi connectivity index (χ0n) is 11.7. The van der Waals surface area contributed by atoms with Crippen LogP contribution in [0.1, 0.15) is 42.5 Å². The number of aliphatic hydroxyl groups is 1. The van der Waals surface area contributed by atoms with Crippen LogP contribution in [0.2, 0.25) is 0 Å². The van der Waals surface area contributed by atoms with Gasteiger partial charge in [-0.25, -0.2) is 9.07 Å². The smallest absolute Gasteiger partial charge is 0.123 e. The molecule has 2 aromatic rings. The number of halogens is 1. The molecule has 0 aliphatic rings. The Hall–Kier alpha value is -1.68. The Bertz CT molecular complexity index is 602. The second-order valence-electron chi connectivity index (χ2n) is 4.79. The predicted molar refractivity (Wildman–Crippen MR) is 73.0 cm³/mol. The molecule has 3 nitrogen and oxygen atoms in total. The van der Waals surface area contributed by atoms with E-state index < -0.39 is 6.10 Å². The number of hydrogen-bond acceptors (Lipinski definition) is 2. The maximum absolute atomic E-state index is 13.3. The molecule has 1 aromatic heterocycles. The fraction of sp³-hybridized carbons (Fsp3) is 0.400. The maximum Gasteiger partial charge on any atom is 0.123 e. The Labute approximate surface area is 112 Å². The van der Waals surface area contributed by atoms with Gasteiger partial charge in [0.15, 0.2) is 0 Å². The average molecular weight is 262 g/mol. The SMILES string of the molecule is CCc1c(C)nn(-c2ccc(F)cc2C(C)O)c1C. The highest BCUT2D eigenvalue weighted by molar-refractivity contribution is 5.45. The number of benzene rings is 1. The van der Waals surface area contributed by atoms with Crippen molar-refractivity contribution >= 4 is 0 Å². The third kappa shape index (κ3) is 2.40. The fourth-order valence-electron chi connectivity index (χ4n) is 2.47. The van der Waals surface area contributed by atoms with Gasteiger partial charge in [-0.15, -0.1) is 0 Å². The number of hydrogen-bond donors (Lipinski definition) is 1. The van der Waals surface area contributed by atoms with Crippen LogP contribution in [-0.4, -0.2) is 14.9 Å². The van der Waals surface area contributed by atoms with Crippen LogP contribution in [0.3, 0.4) is 0 Å². The first-order valence-electron chi connectivity index (χ1n) is 6.48. The molecule has 1 heterocycles. The minimum Gasteiger partial charge on any atom is -0.389 e. The molecule has 4 heteroatoms. The van der Waals surface area contributed by atoms with E-state index in [1.54, 1.807) is 17.7 Å². The van der Waals surface area contributed by atoms with Crippen molar-refractivity contribution in [3.05, 3.63) is 46.5 Å². The standard InChI is InChI=1S/C15H19FN2O/c1-5-13-9(2)17-18(10(13)3)15-7-6-12(16)8-14(15)11(4)19/h6-8,11,19H,5H2,1-4H3. The first-order valence-corrected chi connectivity index (χ1v) is 6.48. The van der Waals surface area contributed by atoms with Crippen molar-refractivity contribution in [2.45, 2.75) is 40.2 Å². The highest BCUT2D eigenvalue weighted by Gasteiger charge is 2.16. The van der Waals surface area contributed by atoms with E-state index in [0.717, 1.165) is 23.5 Å². The summed E-state index contributed by atoms with van der Waals surface area (Å²) in [4.78, 5) is 0. The molecule has 19 heavy (non-hydrogen) atoms. The predicted octanol–water partition coefficient (Wildman–Crippen LogP) is 3.24. The first-order chi connectivity index (χ1) is 8.95. The van der Waals surface area contributed by atoms with Crippen LogP contribution >= 0.6 is 0 Å². The van der Waals surface area contributed by atoms with E-state index in [-0.39, 0.29) is 5.82 Å². The van der Waals surface area contributed by atoms with Crippen molar-refractivity contribution in [3.8, 4) is 5.69 Å². The maximum atomic E-state index is 13.3. The van der Waals surface area contributed by atoms with Crippen LogP contribution < -0.4 is 0 Å². The lowest BCUT2D eigenvalue weighted by atomic mass is 10.1. The second kappa shape index (κ2) is 5.13. The third-order valence-electron chi connectivity index (χ3n) is 3.46. The second-order valence-corrected chi connectivity index (χ2v) is 4.79. The summed E-state index contributed by atoms with van der Waals surface area (Å²) in [6, 6.07) is 4.42. The number of nitrogens with zero attached hydrogens (tertiary/aromatic N) is 2. The lowest BCUT2D eigenvalue weighted by molar-refractivity contribution is 0.198. The van der Waals surface area contributed by atoms with Gasteiger partial charge in [-0.3, -0.25) is 0 Å². The van der Waals surface area contributed by atoms with Gasteiger partial charge in [-0.1, -0.05) is 6.92 Å². The molecule has 102 valence electrons. The number of aryl methyl sites for hydroxylation is 1. The Morgan fingerprint density at radius 2 is 2.05 bits per heavy atom. The van der Waals surface area contributed by atoms with Gasteiger partial charge < -0.3 is 5.11 Å². The molecule has 1 atom stereocenters. The number of aliphatic hydroxyl groups excluding tert-OH is 1. The van der Waals surface area contributed by atoms with Gasteiger partial charge in [-0.2, -0.15) is 5.10 Å². The van der Waals surface area contributed by atoms with Crippen LogP contribution in [0.4, 0.5) is 4.39 Å². The molecule has 0 radical (unpaired) electrons. The molecule has 2 rings (SSSR count). The van der Waals surface area contributed by atoms with Crippen molar-refractivity contribution in [2.75, 3.05) is 0 Å². The number of rotatable bonds is 3. The summed E-state index contributed by atoms with van der Waals surface area (Å²) in [5.74, 6) is -0.350. The Balaban J connectivity index is 2.65. The Morgan fingerprint density at radius 1 is 1.37 bits per heavy atom. The van der Waals surface area contributed by atoms with Crippen molar-refractivity contribution < 1.29 is 9.50 Å². The fourth-order valence-corrected chi connectivity index (χ4v) is 2.47. The van der Waals surface area contributed by atoms with Gasteiger partial charge >= 0.3 is 0 Å².